The maximum absolute atomic E-state index is 13.3. The van der Waals surface area contributed by atoms with Gasteiger partial charge in [0, 0.05) is 11.0 Å². The molecule has 0 heterocycles. The van der Waals surface area contributed by atoms with Crippen LogP contribution < -0.4 is 5.32 Å². The highest BCUT2D eigenvalue weighted by Crippen LogP contribution is 2.76. The van der Waals surface area contributed by atoms with Crippen molar-refractivity contribution in [2.75, 3.05) is 0 Å². The zero-order valence-corrected chi connectivity index (χ0v) is 29.4. The van der Waals surface area contributed by atoms with E-state index in [1.165, 1.54) is 5.57 Å². The number of alkyl carbamates (subject to hydrolysis) is 1. The van der Waals surface area contributed by atoms with Crippen molar-refractivity contribution in [2.24, 2.45) is 51.2 Å². The minimum Gasteiger partial charge on any atom is -0.444 e. The van der Waals surface area contributed by atoms with Crippen LogP contribution in [0.1, 0.15) is 120 Å². The van der Waals surface area contributed by atoms with Gasteiger partial charge >= 0.3 is 21.7 Å². The second kappa shape index (κ2) is 10.4. The van der Waals surface area contributed by atoms with Crippen LogP contribution in [0.3, 0.4) is 0 Å². The molecule has 256 valence electrons. The quantitative estimate of drug-likeness (QED) is 0.185. The van der Waals surface area contributed by atoms with Gasteiger partial charge < -0.3 is 14.2 Å². The van der Waals surface area contributed by atoms with E-state index in [-0.39, 0.29) is 45.5 Å². The van der Waals surface area contributed by atoms with Crippen LogP contribution in [0.25, 0.3) is 0 Å². The maximum atomic E-state index is 13.3. The molecule has 10 heteroatoms. The lowest BCUT2D eigenvalue weighted by atomic mass is 9.33. The molecule has 1 N–H and O–H groups in total. The standard InChI is InChI=1S/C35H54F3NO5S/c1-21(2)22-13-18-34(39-28(40)43-29(3,4)5)20-19-32(9)23(27(22)34)11-12-25-31(8)16-15-26(44-45(41,42)35(36,37)38)30(6,7)24(31)14-17-33(25,32)10/h15,22-25,27H,1,11-14,16-20H2,2-10H3,(H,39,40). The van der Waals surface area contributed by atoms with Crippen LogP contribution in [0.15, 0.2) is 24.0 Å². The average molecular weight is 658 g/mol. The summed E-state index contributed by atoms with van der Waals surface area (Å²) in [5.41, 5.74) is -6.40. The van der Waals surface area contributed by atoms with Crippen molar-refractivity contribution in [1.29, 1.82) is 0 Å². The van der Waals surface area contributed by atoms with E-state index in [1.54, 1.807) is 6.08 Å². The summed E-state index contributed by atoms with van der Waals surface area (Å²) in [6, 6.07) is 0. The van der Waals surface area contributed by atoms with Gasteiger partial charge in [0.05, 0.1) is 0 Å². The predicted octanol–water partition coefficient (Wildman–Crippen LogP) is 9.28. The van der Waals surface area contributed by atoms with Crippen LogP contribution in [0, 0.1) is 51.2 Å². The lowest BCUT2D eigenvalue weighted by Gasteiger charge is -2.72. The number of alkyl halides is 3. The number of rotatable bonds is 4. The molecule has 5 aliphatic carbocycles. The fourth-order valence-electron chi connectivity index (χ4n) is 11.8. The summed E-state index contributed by atoms with van der Waals surface area (Å²) < 4.78 is 74.5. The number of allylic oxidation sites excluding steroid dienone is 3. The summed E-state index contributed by atoms with van der Waals surface area (Å²) in [4.78, 5) is 13.2. The van der Waals surface area contributed by atoms with Gasteiger partial charge in [0.2, 0.25) is 0 Å². The van der Waals surface area contributed by atoms with Gasteiger partial charge in [-0.3, -0.25) is 0 Å². The number of ether oxygens (including phenoxy) is 1. The largest absolute Gasteiger partial charge is 0.534 e. The first kappa shape index (κ1) is 34.6. The Hall–Kier alpha value is -1.71. The van der Waals surface area contributed by atoms with Crippen LogP contribution in [0.5, 0.6) is 0 Å². The van der Waals surface area contributed by atoms with Crippen LogP contribution in [-0.2, 0) is 19.0 Å². The highest BCUT2D eigenvalue weighted by molar-refractivity contribution is 7.87. The van der Waals surface area contributed by atoms with Crippen molar-refractivity contribution in [3.05, 3.63) is 24.0 Å². The number of amides is 1. The summed E-state index contributed by atoms with van der Waals surface area (Å²) >= 11 is 0. The second-order valence-corrected chi connectivity index (χ2v) is 19.0. The molecule has 45 heavy (non-hydrogen) atoms. The molecule has 0 aromatic carbocycles. The van der Waals surface area contributed by atoms with Crippen molar-refractivity contribution in [3.63, 3.8) is 0 Å². The Kier molecular flexibility index (Phi) is 8.00. The first-order valence-corrected chi connectivity index (χ1v) is 18.1. The molecule has 0 radical (unpaired) electrons. The van der Waals surface area contributed by atoms with Crippen LogP contribution in [0.2, 0.25) is 0 Å². The topological polar surface area (TPSA) is 81.7 Å². The molecule has 5 aliphatic rings. The van der Waals surface area contributed by atoms with Gasteiger partial charge in [0.25, 0.3) is 0 Å². The fourth-order valence-corrected chi connectivity index (χ4v) is 12.4. The first-order chi connectivity index (χ1) is 20.3. The molecule has 0 bridgehead atoms. The summed E-state index contributed by atoms with van der Waals surface area (Å²) in [7, 11) is -5.75. The fraction of sp³-hybridized carbons (Fsp3) is 0.857. The Morgan fingerprint density at radius 2 is 1.58 bits per heavy atom. The Balaban J connectivity index is 1.49. The van der Waals surface area contributed by atoms with Crippen LogP contribution in [0.4, 0.5) is 18.0 Å². The summed E-state index contributed by atoms with van der Waals surface area (Å²) in [5.74, 6) is 1.12. The summed E-state index contributed by atoms with van der Waals surface area (Å²) in [5, 5.41) is 3.41. The Morgan fingerprint density at radius 3 is 2.16 bits per heavy atom. The van der Waals surface area contributed by atoms with Crippen LogP contribution >= 0.6 is 0 Å². The Morgan fingerprint density at radius 1 is 0.933 bits per heavy atom. The van der Waals surface area contributed by atoms with Gasteiger partial charge in [-0.2, -0.15) is 21.6 Å². The molecule has 9 atom stereocenters. The molecule has 9 unspecified atom stereocenters. The van der Waals surface area contributed by atoms with E-state index in [2.05, 4.69) is 39.6 Å². The SMILES string of the molecule is C=C(C)C1CCC2(NC(=O)OC(C)(C)C)CCC3(C)C(CCC4C5(C)CC=C(OS(=O)(=O)C(F)(F)F)C(C)(C)C5CCC43C)C12. The predicted molar refractivity (Wildman–Crippen MR) is 168 cm³/mol. The van der Waals surface area contributed by atoms with E-state index in [4.69, 9.17) is 8.92 Å². The number of halogens is 3. The smallest absolute Gasteiger partial charge is 0.444 e. The van der Waals surface area contributed by atoms with Gasteiger partial charge in [0.15, 0.2) is 0 Å². The van der Waals surface area contributed by atoms with Crippen molar-refractivity contribution in [1.82, 2.24) is 5.32 Å². The van der Waals surface area contributed by atoms with E-state index in [9.17, 15) is 26.4 Å². The number of hydrogen-bond acceptors (Lipinski definition) is 5. The molecular formula is C35H54F3NO5S. The number of hydrogen-bond donors (Lipinski definition) is 1. The van der Waals surface area contributed by atoms with Crippen molar-refractivity contribution in [2.45, 2.75) is 137 Å². The van der Waals surface area contributed by atoms with Gasteiger partial charge in [0.1, 0.15) is 11.4 Å². The van der Waals surface area contributed by atoms with Crippen molar-refractivity contribution in [3.8, 4) is 0 Å². The molecule has 4 fully saturated rings. The van der Waals surface area contributed by atoms with E-state index >= 15 is 0 Å². The Labute approximate surface area is 268 Å². The minimum atomic E-state index is -5.75. The van der Waals surface area contributed by atoms with Gasteiger partial charge in [-0.05, 0) is 137 Å². The number of fused-ring (bicyclic) bond motifs is 7. The average Bonchev–Trinajstić information content (AvgIpc) is 3.24. The molecule has 4 saturated carbocycles. The highest BCUT2D eigenvalue weighted by atomic mass is 32.2. The third kappa shape index (κ3) is 5.16. The molecule has 6 nitrogen and oxygen atoms in total. The van der Waals surface area contributed by atoms with E-state index in [1.807, 2.05) is 34.6 Å². The molecule has 0 aromatic heterocycles. The molecule has 0 spiro atoms. The second-order valence-electron chi connectivity index (χ2n) is 17.4. The first-order valence-electron chi connectivity index (χ1n) is 16.7. The van der Waals surface area contributed by atoms with E-state index in [0.29, 0.717) is 24.2 Å². The Bertz CT molecular complexity index is 1380. The molecule has 0 aromatic rings. The van der Waals surface area contributed by atoms with Gasteiger partial charge in [-0.1, -0.05) is 46.8 Å². The van der Waals surface area contributed by atoms with Gasteiger partial charge in [-0.25, -0.2) is 4.79 Å². The van der Waals surface area contributed by atoms with E-state index in [0.717, 1.165) is 51.4 Å². The third-order valence-electron chi connectivity index (χ3n) is 13.8. The molecule has 1 amide bonds. The molecule has 0 saturated heterocycles. The highest BCUT2D eigenvalue weighted by Gasteiger charge is 2.71. The number of carbonyl (C=O) groups is 1. The van der Waals surface area contributed by atoms with Crippen molar-refractivity contribution >= 4 is 16.2 Å². The van der Waals surface area contributed by atoms with E-state index < -0.39 is 26.6 Å². The summed E-state index contributed by atoms with van der Waals surface area (Å²) in [6.07, 6.45) is 9.16. The van der Waals surface area contributed by atoms with Gasteiger partial charge in [-0.15, -0.1) is 0 Å². The monoisotopic (exact) mass is 657 g/mol. The molecular weight excluding hydrogens is 603 g/mol. The summed E-state index contributed by atoms with van der Waals surface area (Å²) in [6.45, 7) is 23.1. The lowest BCUT2D eigenvalue weighted by molar-refractivity contribution is -0.222. The minimum absolute atomic E-state index is 0.0179. The van der Waals surface area contributed by atoms with Crippen molar-refractivity contribution < 1.29 is 35.3 Å². The lowest BCUT2D eigenvalue weighted by Crippen LogP contribution is -2.68. The molecule has 5 rings (SSSR count). The third-order valence-corrected chi connectivity index (χ3v) is 14.8. The molecule has 0 aliphatic heterocycles. The normalized spacial score (nSPS) is 42.7. The zero-order chi connectivity index (χ0) is 33.8. The zero-order valence-electron chi connectivity index (χ0n) is 28.6. The maximum Gasteiger partial charge on any atom is 0.534 e. The number of carbonyl (C=O) groups excluding carboxylic acids is 1. The number of nitrogens with one attached hydrogen (secondary N) is 1. The van der Waals surface area contributed by atoms with Crippen LogP contribution in [-0.4, -0.2) is 31.2 Å².